The quantitative estimate of drug-likeness (QED) is 0.781. The third-order valence-electron chi connectivity index (χ3n) is 4.36. The highest BCUT2D eigenvalue weighted by atomic mass is 16.7. The molecule has 0 unspecified atom stereocenters. The van der Waals surface area contributed by atoms with E-state index in [1.54, 1.807) is 13.3 Å². The number of hydrogen-bond acceptors (Lipinski definition) is 4. The number of pyridine rings is 1. The van der Waals surface area contributed by atoms with Crippen molar-refractivity contribution in [1.29, 1.82) is 0 Å². The minimum absolute atomic E-state index is 0.273. The highest BCUT2D eigenvalue weighted by Gasteiger charge is 2.34. The van der Waals surface area contributed by atoms with Gasteiger partial charge in [-0.2, -0.15) is 0 Å². The summed E-state index contributed by atoms with van der Waals surface area (Å²) in [7, 11) is 1.62. The highest BCUT2D eigenvalue weighted by Crippen LogP contribution is 2.37. The Morgan fingerprint density at radius 1 is 1.21 bits per heavy atom. The largest absolute Gasteiger partial charge is 0.466 e. The number of nitrogens with zero attached hydrogens (tertiary/aromatic N) is 2. The lowest BCUT2D eigenvalue weighted by Gasteiger charge is -2.22. The fraction of sp³-hybridized carbons (Fsp3) is 0.667. The zero-order valence-corrected chi connectivity index (χ0v) is 11.5. The SMILES string of the molecule is COCOc1ccc(N2C[C@@H]3CCCC[C@H]3C2)nc1. The standard InChI is InChI=1S/C15H22N2O2/c1-18-11-19-14-6-7-15(16-8-14)17-9-12-4-2-3-5-13(12)10-17/h6-8,12-13H,2-5,9-11H2,1H3/t12-,13-/m0/s1. The average Bonchev–Trinajstić information content (AvgIpc) is 2.89. The molecule has 0 aromatic carbocycles. The predicted octanol–water partition coefficient (Wildman–Crippen LogP) is 2.69. The summed E-state index contributed by atoms with van der Waals surface area (Å²) in [5.41, 5.74) is 0. The smallest absolute Gasteiger partial charge is 0.188 e. The second kappa shape index (κ2) is 5.78. The first kappa shape index (κ1) is 12.7. The van der Waals surface area contributed by atoms with Crippen molar-refractivity contribution < 1.29 is 9.47 Å². The molecule has 4 heteroatoms. The summed E-state index contributed by atoms with van der Waals surface area (Å²) in [4.78, 5) is 6.95. The van der Waals surface area contributed by atoms with Gasteiger partial charge in [0.1, 0.15) is 11.6 Å². The molecule has 0 bridgehead atoms. The molecule has 0 N–H and O–H groups in total. The van der Waals surface area contributed by atoms with Crippen LogP contribution in [-0.2, 0) is 4.74 Å². The van der Waals surface area contributed by atoms with Gasteiger partial charge in [0.15, 0.2) is 6.79 Å². The van der Waals surface area contributed by atoms with E-state index in [0.717, 1.165) is 23.4 Å². The maximum Gasteiger partial charge on any atom is 0.188 e. The van der Waals surface area contributed by atoms with Crippen LogP contribution in [-0.4, -0.2) is 32.0 Å². The highest BCUT2D eigenvalue weighted by molar-refractivity contribution is 5.42. The fourth-order valence-corrected chi connectivity index (χ4v) is 3.36. The summed E-state index contributed by atoms with van der Waals surface area (Å²) < 4.78 is 10.2. The zero-order chi connectivity index (χ0) is 13.1. The molecular formula is C15H22N2O2. The van der Waals surface area contributed by atoms with Crippen LogP contribution >= 0.6 is 0 Å². The molecule has 2 heterocycles. The molecule has 0 amide bonds. The first-order chi connectivity index (χ1) is 9.36. The second-order valence-electron chi connectivity index (χ2n) is 5.61. The van der Waals surface area contributed by atoms with Crippen LogP contribution in [0.2, 0.25) is 0 Å². The van der Waals surface area contributed by atoms with Gasteiger partial charge in [-0.3, -0.25) is 0 Å². The Hall–Kier alpha value is -1.29. The van der Waals surface area contributed by atoms with Crippen LogP contribution in [0.5, 0.6) is 5.75 Å². The molecule has 0 radical (unpaired) electrons. The van der Waals surface area contributed by atoms with E-state index < -0.39 is 0 Å². The van der Waals surface area contributed by atoms with Gasteiger partial charge < -0.3 is 14.4 Å². The Morgan fingerprint density at radius 3 is 2.53 bits per heavy atom. The van der Waals surface area contributed by atoms with Gasteiger partial charge in [0.25, 0.3) is 0 Å². The Balaban J connectivity index is 1.63. The van der Waals surface area contributed by atoms with E-state index in [4.69, 9.17) is 9.47 Å². The molecule has 1 aliphatic carbocycles. The average molecular weight is 262 g/mol. The first-order valence-corrected chi connectivity index (χ1v) is 7.19. The number of hydrogen-bond donors (Lipinski definition) is 0. The van der Waals surface area contributed by atoms with Gasteiger partial charge in [0, 0.05) is 20.2 Å². The van der Waals surface area contributed by atoms with E-state index in [2.05, 4.69) is 16.0 Å². The summed E-state index contributed by atoms with van der Waals surface area (Å²) in [5, 5.41) is 0. The molecule has 4 nitrogen and oxygen atoms in total. The van der Waals surface area contributed by atoms with Crippen molar-refractivity contribution in [1.82, 2.24) is 4.98 Å². The second-order valence-corrected chi connectivity index (χ2v) is 5.61. The van der Waals surface area contributed by atoms with Gasteiger partial charge in [-0.05, 0) is 36.8 Å². The fourth-order valence-electron chi connectivity index (χ4n) is 3.36. The molecule has 104 valence electrons. The van der Waals surface area contributed by atoms with Gasteiger partial charge in [-0.1, -0.05) is 12.8 Å². The van der Waals surface area contributed by atoms with Crippen LogP contribution in [0.15, 0.2) is 18.3 Å². The molecular weight excluding hydrogens is 240 g/mol. The van der Waals surface area contributed by atoms with Crippen LogP contribution < -0.4 is 9.64 Å². The van der Waals surface area contributed by atoms with E-state index >= 15 is 0 Å². The van der Waals surface area contributed by atoms with Crippen molar-refractivity contribution in [3.8, 4) is 5.75 Å². The Morgan fingerprint density at radius 2 is 1.95 bits per heavy atom. The van der Waals surface area contributed by atoms with Crippen LogP contribution in [0.3, 0.4) is 0 Å². The van der Waals surface area contributed by atoms with Crippen LogP contribution in [0, 0.1) is 11.8 Å². The molecule has 19 heavy (non-hydrogen) atoms. The third-order valence-corrected chi connectivity index (χ3v) is 4.36. The van der Waals surface area contributed by atoms with E-state index in [-0.39, 0.29) is 6.79 Å². The van der Waals surface area contributed by atoms with Gasteiger partial charge >= 0.3 is 0 Å². The van der Waals surface area contributed by atoms with E-state index in [1.165, 1.54) is 38.8 Å². The maximum absolute atomic E-state index is 5.36. The molecule has 1 aromatic rings. The number of ether oxygens (including phenoxy) is 2. The number of anilines is 1. The molecule has 3 rings (SSSR count). The summed E-state index contributed by atoms with van der Waals surface area (Å²) in [6.45, 7) is 2.63. The lowest BCUT2D eigenvalue weighted by atomic mass is 9.82. The normalized spacial score (nSPS) is 26.3. The molecule has 0 spiro atoms. The van der Waals surface area contributed by atoms with Crippen molar-refractivity contribution in [3.05, 3.63) is 18.3 Å². The number of aromatic nitrogens is 1. The van der Waals surface area contributed by atoms with Crippen LogP contribution in [0.1, 0.15) is 25.7 Å². The topological polar surface area (TPSA) is 34.6 Å². The molecule has 2 atom stereocenters. The van der Waals surface area contributed by atoms with Crippen molar-refractivity contribution >= 4 is 5.82 Å². The van der Waals surface area contributed by atoms with Crippen molar-refractivity contribution in [2.24, 2.45) is 11.8 Å². The summed E-state index contributed by atoms with van der Waals surface area (Å²) in [6.07, 6.45) is 7.40. The number of fused-ring (bicyclic) bond motifs is 1. The van der Waals surface area contributed by atoms with Gasteiger partial charge in [-0.15, -0.1) is 0 Å². The van der Waals surface area contributed by atoms with Crippen molar-refractivity contribution in [2.75, 3.05) is 31.9 Å². The maximum atomic E-state index is 5.36. The lowest BCUT2D eigenvalue weighted by molar-refractivity contribution is 0.0509. The molecule has 1 aliphatic heterocycles. The minimum Gasteiger partial charge on any atom is -0.466 e. The summed E-state index contributed by atoms with van der Waals surface area (Å²) in [6, 6.07) is 4.03. The zero-order valence-electron chi connectivity index (χ0n) is 11.5. The Labute approximate surface area is 114 Å². The Kier molecular flexibility index (Phi) is 3.87. The molecule has 1 saturated heterocycles. The lowest BCUT2D eigenvalue weighted by Crippen LogP contribution is -2.20. The number of rotatable bonds is 4. The minimum atomic E-state index is 0.273. The summed E-state index contributed by atoms with van der Waals surface area (Å²) >= 11 is 0. The molecule has 1 saturated carbocycles. The van der Waals surface area contributed by atoms with E-state index in [1.807, 2.05) is 6.07 Å². The van der Waals surface area contributed by atoms with Gasteiger partial charge in [0.2, 0.25) is 0 Å². The third kappa shape index (κ3) is 2.84. The molecule has 2 fully saturated rings. The van der Waals surface area contributed by atoms with E-state index in [9.17, 15) is 0 Å². The van der Waals surface area contributed by atoms with Crippen molar-refractivity contribution in [3.63, 3.8) is 0 Å². The first-order valence-electron chi connectivity index (χ1n) is 7.19. The van der Waals surface area contributed by atoms with Crippen LogP contribution in [0.4, 0.5) is 5.82 Å². The Bertz CT molecular complexity index is 393. The molecule has 2 aliphatic rings. The van der Waals surface area contributed by atoms with Crippen LogP contribution in [0.25, 0.3) is 0 Å². The van der Waals surface area contributed by atoms with Gasteiger partial charge in [-0.25, -0.2) is 4.98 Å². The summed E-state index contributed by atoms with van der Waals surface area (Å²) in [5.74, 6) is 3.63. The van der Waals surface area contributed by atoms with E-state index in [0.29, 0.717) is 0 Å². The predicted molar refractivity (Wildman–Crippen MR) is 74.4 cm³/mol. The monoisotopic (exact) mass is 262 g/mol. The molecule has 1 aromatic heterocycles. The van der Waals surface area contributed by atoms with Gasteiger partial charge in [0.05, 0.1) is 6.20 Å². The van der Waals surface area contributed by atoms with Crippen molar-refractivity contribution in [2.45, 2.75) is 25.7 Å². The number of methoxy groups -OCH3 is 1.